The van der Waals surface area contributed by atoms with E-state index in [2.05, 4.69) is 13.8 Å². The zero-order chi connectivity index (χ0) is 11.7. The minimum Gasteiger partial charge on any atom is -0.337 e. The van der Waals surface area contributed by atoms with Crippen LogP contribution in [-0.2, 0) is 6.54 Å². The van der Waals surface area contributed by atoms with E-state index in [0.29, 0.717) is 16.6 Å². The van der Waals surface area contributed by atoms with Crippen LogP contribution < -0.4 is 0 Å². The molecule has 0 N–H and O–H groups in total. The Bertz CT molecular complexity index is 528. The van der Waals surface area contributed by atoms with Crippen LogP contribution in [0.25, 0.3) is 10.9 Å². The van der Waals surface area contributed by atoms with E-state index in [9.17, 15) is 4.79 Å². The summed E-state index contributed by atoms with van der Waals surface area (Å²) in [7, 11) is 0. The number of carbonyl (C=O) groups excluding carboxylic acids is 1. The molecule has 1 aromatic carbocycles. The fraction of sp³-hybridized carbons (Fsp3) is 0.308. The van der Waals surface area contributed by atoms with E-state index in [-0.39, 0.29) is 0 Å². The first-order valence-corrected chi connectivity index (χ1v) is 5.74. The quantitative estimate of drug-likeness (QED) is 0.743. The number of fused-ring (bicyclic) bond motifs is 1. The molecular weight excluding hydrogens is 222 g/mol. The first-order valence-electron chi connectivity index (χ1n) is 5.36. The molecule has 0 aliphatic rings. The number of aldehydes is 1. The second-order valence-corrected chi connectivity index (χ2v) is 4.78. The van der Waals surface area contributed by atoms with Gasteiger partial charge in [-0.05, 0) is 18.1 Å². The van der Waals surface area contributed by atoms with Crippen molar-refractivity contribution >= 4 is 28.8 Å². The fourth-order valence-electron chi connectivity index (χ4n) is 1.96. The van der Waals surface area contributed by atoms with Crippen molar-refractivity contribution in [3.63, 3.8) is 0 Å². The highest BCUT2D eigenvalue weighted by atomic mass is 35.5. The largest absolute Gasteiger partial charge is 0.337 e. The summed E-state index contributed by atoms with van der Waals surface area (Å²) in [6, 6.07) is 7.62. The average molecular weight is 236 g/mol. The van der Waals surface area contributed by atoms with E-state index >= 15 is 0 Å². The molecule has 0 radical (unpaired) electrons. The van der Waals surface area contributed by atoms with Gasteiger partial charge in [0.25, 0.3) is 0 Å². The standard InChI is InChI=1S/C13H14ClNO/c1-9(2)7-15-11(8-16)6-10-4-3-5-12(14)13(10)15/h3-6,8-9H,7H2,1-2H3. The highest BCUT2D eigenvalue weighted by Crippen LogP contribution is 2.27. The predicted octanol–water partition coefficient (Wildman–Crippen LogP) is 3.76. The van der Waals surface area contributed by atoms with Crippen LogP contribution in [0.4, 0.5) is 0 Å². The number of carbonyl (C=O) groups is 1. The summed E-state index contributed by atoms with van der Waals surface area (Å²) in [6.45, 7) is 5.05. The maximum Gasteiger partial charge on any atom is 0.166 e. The van der Waals surface area contributed by atoms with Crippen LogP contribution in [0.3, 0.4) is 0 Å². The third-order valence-corrected chi connectivity index (χ3v) is 2.88. The minimum atomic E-state index is 0.477. The Hall–Kier alpha value is -1.28. The van der Waals surface area contributed by atoms with Crippen LogP contribution in [0.15, 0.2) is 24.3 Å². The van der Waals surface area contributed by atoms with Crippen molar-refractivity contribution in [1.29, 1.82) is 0 Å². The summed E-state index contributed by atoms with van der Waals surface area (Å²) < 4.78 is 2.00. The Balaban J connectivity index is 2.70. The Morgan fingerprint density at radius 1 is 1.44 bits per heavy atom. The second kappa shape index (κ2) is 4.30. The lowest BCUT2D eigenvalue weighted by molar-refractivity contribution is 0.111. The van der Waals surface area contributed by atoms with Crippen LogP contribution in [0, 0.1) is 5.92 Å². The molecule has 0 aliphatic carbocycles. The Labute approximate surface area is 99.8 Å². The van der Waals surface area contributed by atoms with Crippen molar-refractivity contribution in [2.24, 2.45) is 5.92 Å². The molecule has 0 atom stereocenters. The summed E-state index contributed by atoms with van der Waals surface area (Å²) in [5.74, 6) is 0.477. The zero-order valence-electron chi connectivity index (χ0n) is 9.40. The van der Waals surface area contributed by atoms with Crippen LogP contribution in [0.2, 0.25) is 5.02 Å². The molecule has 0 saturated heterocycles. The van der Waals surface area contributed by atoms with E-state index in [1.165, 1.54) is 0 Å². The number of para-hydroxylation sites is 1. The smallest absolute Gasteiger partial charge is 0.166 e. The highest BCUT2D eigenvalue weighted by Gasteiger charge is 2.11. The normalized spacial score (nSPS) is 11.2. The van der Waals surface area contributed by atoms with Gasteiger partial charge in [0.1, 0.15) is 0 Å². The summed E-state index contributed by atoms with van der Waals surface area (Å²) in [4.78, 5) is 11.0. The Morgan fingerprint density at radius 3 is 2.81 bits per heavy atom. The van der Waals surface area contributed by atoms with E-state index in [4.69, 9.17) is 11.6 Å². The molecule has 0 bridgehead atoms. The number of halogens is 1. The van der Waals surface area contributed by atoms with Crippen molar-refractivity contribution in [1.82, 2.24) is 4.57 Å². The monoisotopic (exact) mass is 235 g/mol. The lowest BCUT2D eigenvalue weighted by atomic mass is 10.2. The van der Waals surface area contributed by atoms with E-state index in [0.717, 1.165) is 23.7 Å². The summed E-state index contributed by atoms with van der Waals surface area (Å²) in [6.07, 6.45) is 0.888. The molecule has 0 amide bonds. The van der Waals surface area contributed by atoms with Gasteiger partial charge in [-0.3, -0.25) is 4.79 Å². The first-order chi connectivity index (χ1) is 7.63. The van der Waals surface area contributed by atoms with Crippen LogP contribution >= 0.6 is 11.6 Å². The van der Waals surface area contributed by atoms with Gasteiger partial charge in [0.05, 0.1) is 16.2 Å². The van der Waals surface area contributed by atoms with Crippen LogP contribution in [0.5, 0.6) is 0 Å². The minimum absolute atomic E-state index is 0.477. The third kappa shape index (κ3) is 1.85. The molecule has 1 aromatic heterocycles. The van der Waals surface area contributed by atoms with Gasteiger partial charge in [-0.1, -0.05) is 37.6 Å². The van der Waals surface area contributed by atoms with Gasteiger partial charge in [-0.25, -0.2) is 0 Å². The Kier molecular flexibility index (Phi) is 3.01. The van der Waals surface area contributed by atoms with Gasteiger partial charge in [0.2, 0.25) is 0 Å². The summed E-state index contributed by atoms with van der Waals surface area (Å²) >= 11 is 6.18. The van der Waals surface area contributed by atoms with Crippen molar-refractivity contribution in [3.05, 3.63) is 35.0 Å². The van der Waals surface area contributed by atoms with Gasteiger partial charge < -0.3 is 4.57 Å². The number of aromatic nitrogens is 1. The first kappa shape index (κ1) is 11.2. The molecule has 2 rings (SSSR count). The van der Waals surface area contributed by atoms with E-state index < -0.39 is 0 Å². The molecule has 84 valence electrons. The highest BCUT2D eigenvalue weighted by molar-refractivity contribution is 6.35. The molecule has 0 unspecified atom stereocenters. The summed E-state index contributed by atoms with van der Waals surface area (Å²) in [5, 5.41) is 1.72. The molecule has 0 saturated carbocycles. The fourth-order valence-corrected chi connectivity index (χ4v) is 2.24. The van der Waals surface area contributed by atoms with Crippen LogP contribution in [-0.4, -0.2) is 10.9 Å². The van der Waals surface area contributed by atoms with Crippen molar-refractivity contribution < 1.29 is 4.79 Å². The van der Waals surface area contributed by atoms with E-state index in [1.807, 2.05) is 28.8 Å². The maximum atomic E-state index is 11.0. The lowest BCUT2D eigenvalue weighted by Gasteiger charge is -2.11. The van der Waals surface area contributed by atoms with Crippen LogP contribution in [0.1, 0.15) is 24.3 Å². The molecule has 0 spiro atoms. The molecule has 2 aromatic rings. The van der Waals surface area contributed by atoms with E-state index in [1.54, 1.807) is 0 Å². The zero-order valence-corrected chi connectivity index (χ0v) is 10.2. The third-order valence-electron chi connectivity index (χ3n) is 2.57. The van der Waals surface area contributed by atoms with Gasteiger partial charge in [0.15, 0.2) is 6.29 Å². The molecule has 2 nitrogen and oxygen atoms in total. The molecular formula is C13H14ClNO. The molecule has 3 heteroatoms. The van der Waals surface area contributed by atoms with Gasteiger partial charge >= 0.3 is 0 Å². The number of rotatable bonds is 3. The van der Waals surface area contributed by atoms with Gasteiger partial charge in [-0.15, -0.1) is 0 Å². The number of benzene rings is 1. The topological polar surface area (TPSA) is 22.0 Å². The van der Waals surface area contributed by atoms with Crippen molar-refractivity contribution in [2.75, 3.05) is 0 Å². The summed E-state index contributed by atoms with van der Waals surface area (Å²) in [5.41, 5.74) is 1.65. The molecule has 16 heavy (non-hydrogen) atoms. The SMILES string of the molecule is CC(C)Cn1c(C=O)cc2cccc(Cl)c21. The lowest BCUT2D eigenvalue weighted by Crippen LogP contribution is -2.07. The number of hydrogen-bond donors (Lipinski definition) is 0. The van der Waals surface area contributed by atoms with Gasteiger partial charge in [0, 0.05) is 11.9 Å². The second-order valence-electron chi connectivity index (χ2n) is 4.37. The Morgan fingerprint density at radius 2 is 2.19 bits per heavy atom. The average Bonchev–Trinajstić information content (AvgIpc) is 2.57. The molecule has 1 heterocycles. The predicted molar refractivity (Wildman–Crippen MR) is 67.2 cm³/mol. The number of hydrogen-bond acceptors (Lipinski definition) is 1. The molecule has 0 fully saturated rings. The van der Waals surface area contributed by atoms with Crippen molar-refractivity contribution in [3.8, 4) is 0 Å². The van der Waals surface area contributed by atoms with Crippen molar-refractivity contribution in [2.45, 2.75) is 20.4 Å². The maximum absolute atomic E-state index is 11.0. The number of nitrogens with zero attached hydrogens (tertiary/aromatic N) is 1. The molecule has 0 aliphatic heterocycles. The van der Waals surface area contributed by atoms with Gasteiger partial charge in [-0.2, -0.15) is 0 Å².